The van der Waals surface area contributed by atoms with Gasteiger partial charge in [-0.2, -0.15) is 0 Å². The van der Waals surface area contributed by atoms with Crippen molar-refractivity contribution in [1.29, 1.82) is 0 Å². The normalized spacial score (nSPS) is 17.0. The fraction of sp³-hybridized carbons (Fsp3) is 0.200. The maximum atomic E-state index is 10.1. The molecule has 4 heteroatoms. The second kappa shape index (κ2) is 2.19. The molecule has 0 aliphatic carbocycles. The van der Waals surface area contributed by atoms with Gasteiger partial charge in [0.1, 0.15) is 10.9 Å². The Hall–Kier alpha value is -0.830. The predicted molar refractivity (Wildman–Crippen MR) is 33.6 cm³/mol. The summed E-state index contributed by atoms with van der Waals surface area (Å²) >= 11 is 5.36. The first-order chi connectivity index (χ1) is 4.20. The third kappa shape index (κ3) is 1.29. The van der Waals surface area contributed by atoms with Gasteiger partial charge in [0.15, 0.2) is 0 Å². The van der Waals surface area contributed by atoms with E-state index in [4.69, 9.17) is 16.7 Å². The summed E-state index contributed by atoms with van der Waals surface area (Å²) in [6.45, 7) is 0. The van der Waals surface area contributed by atoms with Crippen LogP contribution in [-0.2, 0) is 4.79 Å². The molecule has 0 saturated heterocycles. The highest BCUT2D eigenvalue weighted by molar-refractivity contribution is 6.40. The molecule has 0 aromatic heterocycles. The summed E-state index contributed by atoms with van der Waals surface area (Å²) in [4.78, 5) is 13.7. The van der Waals surface area contributed by atoms with Gasteiger partial charge in [-0.3, -0.25) is 0 Å². The first-order valence-corrected chi connectivity index (χ1v) is 2.74. The van der Waals surface area contributed by atoms with Gasteiger partial charge in [-0.15, -0.1) is 0 Å². The summed E-state index contributed by atoms with van der Waals surface area (Å²) in [7, 11) is 0. The average molecular weight is 146 g/mol. The molecule has 1 N–H and O–H groups in total. The van der Waals surface area contributed by atoms with Crippen LogP contribution in [0.1, 0.15) is 6.42 Å². The topological polar surface area (TPSA) is 49.7 Å². The van der Waals surface area contributed by atoms with Gasteiger partial charge in [-0.05, 0) is 6.08 Å². The van der Waals surface area contributed by atoms with Crippen LogP contribution in [0.2, 0.25) is 0 Å². The number of aliphatic imine (C=N–C) groups is 1. The Morgan fingerprint density at radius 2 is 2.56 bits per heavy atom. The minimum Gasteiger partial charge on any atom is -0.477 e. The Morgan fingerprint density at radius 1 is 1.89 bits per heavy atom. The van der Waals surface area contributed by atoms with Crippen molar-refractivity contribution in [3.63, 3.8) is 0 Å². The van der Waals surface area contributed by atoms with E-state index in [0.717, 1.165) is 0 Å². The maximum absolute atomic E-state index is 10.1. The quantitative estimate of drug-likeness (QED) is 0.560. The smallest absolute Gasteiger partial charge is 0.350 e. The Kier molecular flexibility index (Phi) is 1.53. The van der Waals surface area contributed by atoms with Gasteiger partial charge in [-0.1, -0.05) is 11.6 Å². The molecule has 1 heterocycles. The van der Waals surface area contributed by atoms with Crippen LogP contribution in [0, 0.1) is 0 Å². The highest BCUT2D eigenvalue weighted by Gasteiger charge is 2.12. The number of hydrogen-bond acceptors (Lipinski definition) is 2. The molecule has 1 rings (SSSR count). The van der Waals surface area contributed by atoms with Crippen molar-refractivity contribution < 1.29 is 9.90 Å². The molecule has 3 nitrogen and oxygen atoms in total. The predicted octanol–water partition coefficient (Wildman–Crippen LogP) is 0.996. The van der Waals surface area contributed by atoms with Crippen LogP contribution in [0.4, 0.5) is 0 Å². The van der Waals surface area contributed by atoms with Gasteiger partial charge in [-0.25, -0.2) is 9.79 Å². The molecule has 0 saturated carbocycles. The third-order valence-electron chi connectivity index (χ3n) is 0.952. The number of carbonyl (C=O) groups is 1. The summed E-state index contributed by atoms with van der Waals surface area (Å²) in [5.41, 5.74) is 0.111. The molecule has 0 bridgehead atoms. The second-order valence-electron chi connectivity index (χ2n) is 1.59. The lowest BCUT2D eigenvalue weighted by atomic mass is 10.3. The van der Waals surface area contributed by atoms with E-state index in [9.17, 15) is 4.79 Å². The van der Waals surface area contributed by atoms with Crippen molar-refractivity contribution in [2.45, 2.75) is 6.42 Å². The number of hydrogen-bond donors (Lipinski definition) is 1. The van der Waals surface area contributed by atoms with Gasteiger partial charge in [0.25, 0.3) is 0 Å². The molecular formula is C5H4ClNO2. The van der Waals surface area contributed by atoms with Crippen molar-refractivity contribution in [1.82, 2.24) is 0 Å². The second-order valence-corrected chi connectivity index (χ2v) is 1.98. The Balaban J connectivity index is 2.71. The Labute approximate surface area is 56.7 Å². The highest BCUT2D eigenvalue weighted by Crippen LogP contribution is 2.13. The summed E-state index contributed by atoms with van der Waals surface area (Å²) in [5.74, 6) is -0.998. The van der Waals surface area contributed by atoms with Crippen LogP contribution >= 0.6 is 11.6 Å². The molecule has 1 aliphatic rings. The Bertz CT molecular complexity index is 207. The van der Waals surface area contributed by atoms with Crippen molar-refractivity contribution in [3.8, 4) is 0 Å². The lowest BCUT2D eigenvalue weighted by Crippen LogP contribution is -2.08. The van der Waals surface area contributed by atoms with E-state index in [1.54, 1.807) is 6.08 Å². The largest absolute Gasteiger partial charge is 0.477 e. The number of carboxylic acid groups (broad SMARTS) is 1. The third-order valence-corrected chi connectivity index (χ3v) is 1.19. The molecule has 0 aromatic carbocycles. The van der Waals surface area contributed by atoms with Crippen molar-refractivity contribution in [2.75, 3.05) is 0 Å². The monoisotopic (exact) mass is 145 g/mol. The van der Waals surface area contributed by atoms with E-state index in [0.29, 0.717) is 6.42 Å². The summed E-state index contributed by atoms with van der Waals surface area (Å²) < 4.78 is 0. The van der Waals surface area contributed by atoms with Crippen molar-refractivity contribution in [2.24, 2.45) is 4.99 Å². The minimum atomic E-state index is -0.998. The number of carboxylic acids is 1. The zero-order valence-corrected chi connectivity index (χ0v) is 5.22. The van der Waals surface area contributed by atoms with E-state index in [1.807, 2.05) is 0 Å². The molecule has 0 radical (unpaired) electrons. The average Bonchev–Trinajstić information content (AvgIpc) is 2.14. The van der Waals surface area contributed by atoms with Gasteiger partial charge in [0.05, 0.1) is 0 Å². The molecule has 0 fully saturated rings. The summed E-state index contributed by atoms with van der Waals surface area (Å²) in [6.07, 6.45) is 1.90. The van der Waals surface area contributed by atoms with Crippen LogP contribution in [0.3, 0.4) is 0 Å². The Morgan fingerprint density at radius 3 is 2.78 bits per heavy atom. The molecule has 0 amide bonds. The molecule has 1 aliphatic heterocycles. The van der Waals surface area contributed by atoms with Crippen LogP contribution in [-0.4, -0.2) is 16.8 Å². The van der Waals surface area contributed by atoms with E-state index in [2.05, 4.69) is 4.99 Å². The van der Waals surface area contributed by atoms with E-state index >= 15 is 0 Å². The van der Waals surface area contributed by atoms with Crippen LogP contribution in [0.25, 0.3) is 0 Å². The lowest BCUT2D eigenvalue weighted by Gasteiger charge is -1.85. The van der Waals surface area contributed by atoms with Crippen LogP contribution in [0.5, 0.6) is 0 Å². The molecule has 0 aromatic rings. The minimum absolute atomic E-state index is 0.111. The highest BCUT2D eigenvalue weighted by atomic mass is 35.5. The zero-order valence-electron chi connectivity index (χ0n) is 4.47. The number of rotatable bonds is 1. The van der Waals surface area contributed by atoms with Crippen molar-refractivity contribution >= 4 is 23.3 Å². The fourth-order valence-corrected chi connectivity index (χ4v) is 0.715. The van der Waals surface area contributed by atoms with Crippen molar-refractivity contribution in [3.05, 3.63) is 11.2 Å². The molecule has 0 spiro atoms. The molecular weight excluding hydrogens is 142 g/mol. The molecule has 0 atom stereocenters. The maximum Gasteiger partial charge on any atom is 0.350 e. The van der Waals surface area contributed by atoms with Gasteiger partial charge >= 0.3 is 5.97 Å². The number of aliphatic carboxylic acids is 1. The lowest BCUT2D eigenvalue weighted by molar-refractivity contribution is -0.129. The first kappa shape index (κ1) is 6.29. The standard InChI is InChI=1S/C5H4ClNO2/c6-4-2-1-3(7-4)5(8)9/h2H,1H2,(H,8,9). The van der Waals surface area contributed by atoms with E-state index in [1.165, 1.54) is 0 Å². The van der Waals surface area contributed by atoms with Gasteiger partial charge < -0.3 is 5.11 Å². The SMILES string of the molecule is O=C(O)C1=NC(Cl)=CC1. The van der Waals surface area contributed by atoms with Crippen LogP contribution < -0.4 is 0 Å². The zero-order chi connectivity index (χ0) is 6.85. The number of nitrogens with zero attached hydrogens (tertiary/aromatic N) is 1. The molecule has 9 heavy (non-hydrogen) atoms. The number of halogens is 1. The fourth-order valence-electron chi connectivity index (χ4n) is 0.536. The van der Waals surface area contributed by atoms with Gasteiger partial charge in [0, 0.05) is 6.42 Å². The molecule has 0 unspecified atom stereocenters. The summed E-state index contributed by atoms with van der Waals surface area (Å²) in [6, 6.07) is 0. The molecule has 48 valence electrons. The summed E-state index contributed by atoms with van der Waals surface area (Å²) in [5, 5.41) is 8.58. The van der Waals surface area contributed by atoms with E-state index < -0.39 is 5.97 Å². The number of allylic oxidation sites excluding steroid dienone is 1. The van der Waals surface area contributed by atoms with Gasteiger partial charge in [0.2, 0.25) is 0 Å². The van der Waals surface area contributed by atoms with E-state index in [-0.39, 0.29) is 10.9 Å². The van der Waals surface area contributed by atoms with Crippen LogP contribution in [0.15, 0.2) is 16.2 Å². The first-order valence-electron chi connectivity index (χ1n) is 2.36.